The molecule has 2 N–H and O–H groups in total. The summed E-state index contributed by atoms with van der Waals surface area (Å²) in [5.41, 5.74) is 1.74. The molecule has 140 valence electrons. The van der Waals surface area contributed by atoms with E-state index in [4.69, 9.17) is 0 Å². The Hall–Kier alpha value is -3.17. The molecule has 7 nitrogen and oxygen atoms in total. The van der Waals surface area contributed by atoms with Gasteiger partial charge in [0.05, 0.1) is 17.1 Å². The minimum atomic E-state index is -4.64. The molecule has 0 amide bonds. The van der Waals surface area contributed by atoms with Gasteiger partial charge in [0.15, 0.2) is 5.65 Å². The van der Waals surface area contributed by atoms with Crippen molar-refractivity contribution in [3.8, 4) is 0 Å². The highest BCUT2D eigenvalue weighted by Gasteiger charge is 2.37. The molecular weight excluding hydrogens is 359 g/mol. The monoisotopic (exact) mass is 375 g/mol. The molecule has 0 aliphatic rings. The van der Waals surface area contributed by atoms with Crippen LogP contribution in [0.15, 0.2) is 36.4 Å². The second-order valence-corrected chi connectivity index (χ2v) is 6.52. The quantitative estimate of drug-likeness (QED) is 0.566. The fourth-order valence-electron chi connectivity index (χ4n) is 2.87. The van der Waals surface area contributed by atoms with Crippen LogP contribution < -0.4 is 5.32 Å². The van der Waals surface area contributed by atoms with Gasteiger partial charge >= 0.3 is 6.18 Å². The summed E-state index contributed by atoms with van der Waals surface area (Å²) in [7, 11) is 0. The summed E-state index contributed by atoms with van der Waals surface area (Å²) in [6.07, 6.45) is -4.64. The van der Waals surface area contributed by atoms with E-state index in [1.54, 1.807) is 6.07 Å². The second-order valence-electron chi connectivity index (χ2n) is 6.52. The van der Waals surface area contributed by atoms with Crippen LogP contribution in [0, 0.1) is 5.92 Å². The van der Waals surface area contributed by atoms with Crippen molar-refractivity contribution in [1.82, 2.24) is 29.8 Å². The Labute approximate surface area is 151 Å². The molecule has 0 aliphatic heterocycles. The fourth-order valence-corrected chi connectivity index (χ4v) is 2.87. The van der Waals surface area contributed by atoms with Gasteiger partial charge in [-0.2, -0.15) is 17.7 Å². The molecule has 4 aromatic rings. The normalized spacial score (nSPS) is 13.6. The number of aromatic amines is 1. The van der Waals surface area contributed by atoms with Crippen LogP contribution in [0.3, 0.4) is 0 Å². The maximum atomic E-state index is 13.1. The van der Waals surface area contributed by atoms with Gasteiger partial charge in [0.2, 0.25) is 0 Å². The molecule has 0 saturated carbocycles. The van der Waals surface area contributed by atoms with E-state index in [0.29, 0.717) is 10.3 Å². The van der Waals surface area contributed by atoms with E-state index in [2.05, 4.69) is 30.6 Å². The second kappa shape index (κ2) is 6.22. The molecule has 3 aromatic heterocycles. The molecule has 0 unspecified atom stereocenters. The largest absolute Gasteiger partial charge is 0.453 e. The van der Waals surface area contributed by atoms with Crippen molar-refractivity contribution in [1.29, 1.82) is 0 Å². The zero-order chi connectivity index (χ0) is 19.2. The highest BCUT2D eigenvalue weighted by Crippen LogP contribution is 2.29. The molecular formula is C17H16F3N7. The number of rotatable bonds is 4. The van der Waals surface area contributed by atoms with E-state index >= 15 is 0 Å². The number of fused-ring (bicyclic) bond motifs is 2. The number of nitrogens with one attached hydrogen (secondary N) is 2. The van der Waals surface area contributed by atoms with Crippen LogP contribution in [0.5, 0.6) is 0 Å². The van der Waals surface area contributed by atoms with Crippen LogP contribution in [0.25, 0.3) is 16.7 Å². The summed E-state index contributed by atoms with van der Waals surface area (Å²) in [5, 5.41) is 13.9. The number of hydrogen-bond acceptors (Lipinski definition) is 5. The van der Waals surface area contributed by atoms with Crippen LogP contribution in [-0.4, -0.2) is 29.8 Å². The number of aromatic nitrogens is 6. The minimum absolute atomic E-state index is 0.0257. The van der Waals surface area contributed by atoms with Gasteiger partial charge in [-0.1, -0.05) is 26.0 Å². The number of anilines is 1. The summed E-state index contributed by atoms with van der Waals surface area (Å²) in [6.45, 7) is 3.98. The van der Waals surface area contributed by atoms with Crippen LogP contribution >= 0.6 is 0 Å². The van der Waals surface area contributed by atoms with Crippen molar-refractivity contribution in [2.24, 2.45) is 5.92 Å². The highest BCUT2D eigenvalue weighted by molar-refractivity contribution is 5.74. The summed E-state index contributed by atoms with van der Waals surface area (Å²) in [6, 6.07) is 10.3. The lowest BCUT2D eigenvalue weighted by Gasteiger charge is -2.21. The Morgan fingerprint density at radius 2 is 1.85 bits per heavy atom. The van der Waals surface area contributed by atoms with E-state index in [9.17, 15) is 13.2 Å². The molecule has 1 atom stereocenters. The lowest BCUT2D eigenvalue weighted by Crippen LogP contribution is -2.20. The van der Waals surface area contributed by atoms with E-state index in [1.165, 1.54) is 6.07 Å². The van der Waals surface area contributed by atoms with Crippen molar-refractivity contribution in [3.05, 3.63) is 48.0 Å². The topological polar surface area (TPSA) is 83.8 Å². The average molecular weight is 375 g/mol. The lowest BCUT2D eigenvalue weighted by atomic mass is 10.0. The van der Waals surface area contributed by atoms with Gasteiger partial charge < -0.3 is 10.3 Å². The smallest absolute Gasteiger partial charge is 0.358 e. The number of alkyl halides is 3. The van der Waals surface area contributed by atoms with Gasteiger partial charge in [0, 0.05) is 0 Å². The Morgan fingerprint density at radius 1 is 1.07 bits per heavy atom. The average Bonchev–Trinajstić information content (AvgIpc) is 3.22. The summed E-state index contributed by atoms with van der Waals surface area (Å²) >= 11 is 0. The first kappa shape index (κ1) is 17.3. The summed E-state index contributed by atoms with van der Waals surface area (Å²) < 4.78 is 39.9. The van der Waals surface area contributed by atoms with Crippen LogP contribution in [0.2, 0.25) is 0 Å². The Balaban J connectivity index is 1.71. The number of nitrogens with zero attached hydrogens (tertiary/aromatic N) is 5. The molecule has 0 bridgehead atoms. The fraction of sp³-hybridized carbons (Fsp3) is 0.294. The Morgan fingerprint density at radius 3 is 2.56 bits per heavy atom. The standard InChI is InChI=1S/C17H16F3N7/c1-9(2)14(15-21-10-5-3-4-6-11(10)22-15)23-12-7-8-13-24-25-16(17(18,19)20)27(13)26-12/h3-9,14H,1-2H3,(H,21,22)(H,23,26)/t14-/m0/s1. The molecule has 0 saturated heterocycles. The number of benzene rings is 1. The molecule has 0 fully saturated rings. The Bertz CT molecular complexity index is 1060. The van der Waals surface area contributed by atoms with Crippen molar-refractivity contribution < 1.29 is 13.2 Å². The first-order chi connectivity index (χ1) is 12.8. The maximum Gasteiger partial charge on any atom is 0.453 e. The van der Waals surface area contributed by atoms with E-state index in [1.807, 2.05) is 38.1 Å². The van der Waals surface area contributed by atoms with E-state index < -0.39 is 12.0 Å². The number of halogens is 3. The van der Waals surface area contributed by atoms with E-state index in [-0.39, 0.29) is 23.4 Å². The number of imidazole rings is 1. The molecule has 0 aliphatic carbocycles. The van der Waals surface area contributed by atoms with Crippen molar-refractivity contribution in [3.63, 3.8) is 0 Å². The number of hydrogen-bond donors (Lipinski definition) is 2. The predicted octanol–water partition coefficient (Wildman–Crippen LogP) is 3.83. The van der Waals surface area contributed by atoms with Gasteiger partial charge in [-0.15, -0.1) is 15.3 Å². The third kappa shape index (κ3) is 3.18. The third-order valence-electron chi connectivity index (χ3n) is 4.19. The molecule has 3 heterocycles. The zero-order valence-electron chi connectivity index (χ0n) is 14.5. The summed E-state index contributed by atoms with van der Waals surface area (Å²) in [5.74, 6) is -0.100. The van der Waals surface area contributed by atoms with Crippen LogP contribution in [0.4, 0.5) is 19.0 Å². The number of para-hydroxylation sites is 2. The van der Waals surface area contributed by atoms with Crippen molar-refractivity contribution in [2.75, 3.05) is 5.32 Å². The molecule has 27 heavy (non-hydrogen) atoms. The number of H-pyrrole nitrogens is 1. The molecule has 10 heteroatoms. The van der Waals surface area contributed by atoms with Crippen LogP contribution in [-0.2, 0) is 6.18 Å². The van der Waals surface area contributed by atoms with E-state index in [0.717, 1.165) is 11.0 Å². The predicted molar refractivity (Wildman–Crippen MR) is 93.1 cm³/mol. The SMILES string of the molecule is CC(C)[C@H](Nc1ccc2nnc(C(F)(F)F)n2n1)c1nc2ccccc2[nH]1. The van der Waals surface area contributed by atoms with Gasteiger partial charge in [0.25, 0.3) is 5.82 Å². The molecule has 0 radical (unpaired) electrons. The first-order valence-electron chi connectivity index (χ1n) is 8.34. The van der Waals surface area contributed by atoms with Crippen molar-refractivity contribution >= 4 is 22.5 Å². The van der Waals surface area contributed by atoms with Gasteiger partial charge in [0.1, 0.15) is 11.6 Å². The van der Waals surface area contributed by atoms with Gasteiger partial charge in [-0.3, -0.25) is 0 Å². The zero-order valence-corrected chi connectivity index (χ0v) is 14.5. The third-order valence-corrected chi connectivity index (χ3v) is 4.19. The van der Waals surface area contributed by atoms with Crippen molar-refractivity contribution in [2.45, 2.75) is 26.1 Å². The minimum Gasteiger partial charge on any atom is -0.358 e. The lowest BCUT2D eigenvalue weighted by molar-refractivity contribution is -0.146. The molecule has 1 aromatic carbocycles. The maximum absolute atomic E-state index is 13.1. The van der Waals surface area contributed by atoms with Gasteiger partial charge in [-0.05, 0) is 30.2 Å². The first-order valence-corrected chi connectivity index (χ1v) is 8.34. The highest BCUT2D eigenvalue weighted by atomic mass is 19.4. The van der Waals surface area contributed by atoms with Crippen LogP contribution in [0.1, 0.15) is 31.5 Å². The summed E-state index contributed by atoms with van der Waals surface area (Å²) in [4.78, 5) is 7.83. The molecule has 4 rings (SSSR count). The van der Waals surface area contributed by atoms with Gasteiger partial charge in [-0.25, -0.2) is 4.98 Å². The Kier molecular flexibility index (Phi) is 3.97. The molecule has 0 spiro atoms.